The van der Waals surface area contributed by atoms with Gasteiger partial charge in [-0.1, -0.05) is 18.2 Å². The van der Waals surface area contributed by atoms with Gasteiger partial charge in [-0.15, -0.1) is 0 Å². The van der Waals surface area contributed by atoms with Gasteiger partial charge in [0.25, 0.3) is 5.56 Å². The molecule has 0 N–H and O–H groups in total. The molecule has 2 aromatic carbocycles. The van der Waals surface area contributed by atoms with E-state index < -0.39 is 28.6 Å². The van der Waals surface area contributed by atoms with Crippen LogP contribution in [-0.4, -0.2) is 29.3 Å². The summed E-state index contributed by atoms with van der Waals surface area (Å²) in [6.07, 6.45) is -2.43. The van der Waals surface area contributed by atoms with Crippen molar-refractivity contribution in [2.24, 2.45) is 11.8 Å². The highest BCUT2D eigenvalue weighted by atomic mass is 19.4. The zero-order valence-corrected chi connectivity index (χ0v) is 20.9. The molecule has 1 aliphatic rings. The van der Waals surface area contributed by atoms with Crippen molar-refractivity contribution in [3.05, 3.63) is 73.9 Å². The Morgan fingerprint density at radius 1 is 1.05 bits per heavy atom. The van der Waals surface area contributed by atoms with Crippen LogP contribution >= 0.6 is 0 Å². The molecule has 1 fully saturated rings. The first-order valence-electron chi connectivity index (χ1n) is 12.1. The third kappa shape index (κ3) is 5.03. The van der Waals surface area contributed by atoms with Gasteiger partial charge in [-0.05, 0) is 55.4 Å². The summed E-state index contributed by atoms with van der Waals surface area (Å²) in [6, 6.07) is 9.64. The van der Waals surface area contributed by atoms with E-state index in [1.54, 1.807) is 18.2 Å². The second kappa shape index (κ2) is 10.7. The predicted molar refractivity (Wildman–Crippen MR) is 132 cm³/mol. The largest absolute Gasteiger partial charge is 0.496 e. The van der Waals surface area contributed by atoms with E-state index in [0.29, 0.717) is 25.7 Å². The number of ether oxygens (including phenoxy) is 2. The number of carbonyl (C=O) groups excluding carboxylic acids is 1. The topological polar surface area (TPSA) is 103 Å². The number of rotatable bonds is 6. The summed E-state index contributed by atoms with van der Waals surface area (Å²) in [5.74, 6) is -0.362. The molecule has 1 saturated carbocycles. The third-order valence-corrected chi connectivity index (χ3v) is 7.15. The summed E-state index contributed by atoms with van der Waals surface area (Å²) in [4.78, 5) is 39.1. The molecule has 8 nitrogen and oxygen atoms in total. The average molecular weight is 530 g/mol. The first-order chi connectivity index (χ1) is 18.1. The van der Waals surface area contributed by atoms with Crippen molar-refractivity contribution in [3.63, 3.8) is 0 Å². The Hall–Kier alpha value is -4.07. The highest BCUT2D eigenvalue weighted by Crippen LogP contribution is 2.34. The van der Waals surface area contributed by atoms with E-state index >= 15 is 0 Å². The van der Waals surface area contributed by atoms with E-state index in [-0.39, 0.29) is 53.1 Å². The molecule has 0 atom stereocenters. The van der Waals surface area contributed by atoms with E-state index in [0.717, 1.165) is 10.6 Å². The molecule has 200 valence electrons. The van der Waals surface area contributed by atoms with Gasteiger partial charge in [0.05, 0.1) is 43.3 Å². The molecule has 0 unspecified atom stereocenters. The van der Waals surface area contributed by atoms with Crippen LogP contribution in [0.3, 0.4) is 0 Å². The minimum atomic E-state index is -4.75. The maximum Gasteiger partial charge on any atom is 0.417 e. The maximum atomic E-state index is 13.7. The van der Waals surface area contributed by atoms with Gasteiger partial charge in [-0.25, -0.2) is 4.79 Å². The minimum Gasteiger partial charge on any atom is -0.496 e. The average Bonchev–Trinajstić information content (AvgIpc) is 2.92. The Labute approximate surface area is 215 Å². The molecule has 4 rings (SSSR count). The fourth-order valence-electron chi connectivity index (χ4n) is 5.19. The molecule has 1 aromatic heterocycles. The predicted octanol–water partition coefficient (Wildman–Crippen LogP) is 4.09. The molecule has 0 aliphatic heterocycles. The molecule has 11 heteroatoms. The zero-order valence-electron chi connectivity index (χ0n) is 20.9. The number of halogens is 3. The molecule has 0 spiro atoms. The molecule has 1 aliphatic carbocycles. The van der Waals surface area contributed by atoms with Gasteiger partial charge in [-0.2, -0.15) is 18.4 Å². The maximum absolute atomic E-state index is 13.7. The third-order valence-electron chi connectivity index (χ3n) is 7.15. The first kappa shape index (κ1) is 27.0. The Balaban J connectivity index is 1.83. The van der Waals surface area contributed by atoms with Crippen LogP contribution in [0, 0.1) is 23.2 Å². The first-order valence-corrected chi connectivity index (χ1v) is 12.1. The number of nitriles is 1. The Morgan fingerprint density at radius 3 is 2.34 bits per heavy atom. The van der Waals surface area contributed by atoms with Crippen LogP contribution in [0.1, 0.15) is 42.4 Å². The quantitative estimate of drug-likeness (QED) is 0.446. The van der Waals surface area contributed by atoms with Gasteiger partial charge >= 0.3 is 17.8 Å². The van der Waals surface area contributed by atoms with Crippen molar-refractivity contribution >= 4 is 16.9 Å². The molecule has 0 bridgehead atoms. The summed E-state index contributed by atoms with van der Waals surface area (Å²) in [6.45, 7) is -0.280. The number of benzene rings is 2. The summed E-state index contributed by atoms with van der Waals surface area (Å²) < 4.78 is 53.1. The van der Waals surface area contributed by atoms with Crippen molar-refractivity contribution in [1.29, 1.82) is 5.26 Å². The van der Waals surface area contributed by atoms with Crippen LogP contribution in [-0.2, 0) is 28.8 Å². The number of nitrogens with zero attached hydrogens (tertiary/aromatic N) is 3. The van der Waals surface area contributed by atoms with E-state index in [4.69, 9.17) is 9.47 Å². The van der Waals surface area contributed by atoms with Gasteiger partial charge in [0.2, 0.25) is 0 Å². The van der Waals surface area contributed by atoms with Crippen molar-refractivity contribution in [3.8, 4) is 11.8 Å². The van der Waals surface area contributed by atoms with Crippen molar-refractivity contribution in [2.75, 3.05) is 14.2 Å². The fourth-order valence-corrected chi connectivity index (χ4v) is 5.19. The SMILES string of the molecule is COc1cccc2c1c(=O)n(C[C@H]1CC[C@H](C(=O)OC)CC1)c(=O)n2Cc1cccc(C(F)(F)F)c1C#N. The molecule has 38 heavy (non-hydrogen) atoms. The van der Waals surface area contributed by atoms with Crippen molar-refractivity contribution in [2.45, 2.75) is 44.9 Å². The summed E-state index contributed by atoms with van der Waals surface area (Å²) in [5, 5.41) is 9.67. The van der Waals surface area contributed by atoms with Gasteiger partial charge in [0.1, 0.15) is 17.2 Å². The van der Waals surface area contributed by atoms with E-state index in [9.17, 15) is 32.8 Å². The van der Waals surface area contributed by atoms with Gasteiger partial charge in [0.15, 0.2) is 0 Å². The number of hydrogen-bond acceptors (Lipinski definition) is 6. The molecular weight excluding hydrogens is 503 g/mol. The lowest BCUT2D eigenvalue weighted by Crippen LogP contribution is -2.42. The highest BCUT2D eigenvalue weighted by Gasteiger charge is 2.34. The van der Waals surface area contributed by atoms with Gasteiger partial charge in [-0.3, -0.25) is 18.7 Å². The van der Waals surface area contributed by atoms with Crippen LogP contribution in [0.25, 0.3) is 10.9 Å². The molecule has 3 aromatic rings. The lowest BCUT2D eigenvalue weighted by atomic mass is 9.82. The summed E-state index contributed by atoms with van der Waals surface area (Å²) in [7, 11) is 2.71. The monoisotopic (exact) mass is 529 g/mol. The number of hydrogen-bond donors (Lipinski definition) is 0. The lowest BCUT2D eigenvalue weighted by molar-refractivity contribution is -0.146. The summed E-state index contributed by atoms with van der Waals surface area (Å²) in [5.41, 5.74) is -2.76. The Morgan fingerprint density at radius 2 is 1.74 bits per heavy atom. The fraction of sp³-hybridized carbons (Fsp3) is 0.407. The molecule has 1 heterocycles. The lowest BCUT2D eigenvalue weighted by Gasteiger charge is -2.27. The Bertz CT molecular complexity index is 1530. The van der Waals surface area contributed by atoms with Crippen LogP contribution in [0.5, 0.6) is 5.75 Å². The van der Waals surface area contributed by atoms with Crippen molar-refractivity contribution in [1.82, 2.24) is 9.13 Å². The second-order valence-corrected chi connectivity index (χ2v) is 9.33. The Kier molecular flexibility index (Phi) is 7.62. The number of methoxy groups -OCH3 is 2. The van der Waals surface area contributed by atoms with Gasteiger partial charge < -0.3 is 9.47 Å². The standard InChI is InChI=1S/C27H26F3N3O5/c1-37-22-8-4-7-21-23(22)24(34)33(14-16-9-11-17(12-10-16)25(35)38-2)26(36)32(21)15-18-5-3-6-20(19(18)13-31)27(28,29)30/h3-8,16-17H,9-12,14-15H2,1-2H3/t16-,17-. The van der Waals surface area contributed by atoms with Crippen LogP contribution in [0.2, 0.25) is 0 Å². The number of fused-ring (bicyclic) bond motifs is 1. The highest BCUT2D eigenvalue weighted by molar-refractivity contribution is 5.84. The zero-order chi connectivity index (χ0) is 27.6. The van der Waals surface area contributed by atoms with Crippen molar-refractivity contribution < 1.29 is 27.4 Å². The van der Waals surface area contributed by atoms with E-state index in [2.05, 4.69) is 0 Å². The molecule has 0 amide bonds. The van der Waals surface area contributed by atoms with Crippen LogP contribution in [0.15, 0.2) is 46.0 Å². The summed E-state index contributed by atoms with van der Waals surface area (Å²) >= 11 is 0. The number of aromatic nitrogens is 2. The number of carbonyl (C=O) groups is 1. The number of esters is 1. The minimum absolute atomic E-state index is 0.00247. The normalized spacial score (nSPS) is 17.7. The molecular formula is C27H26F3N3O5. The van der Waals surface area contributed by atoms with Gasteiger partial charge in [0, 0.05) is 6.54 Å². The second-order valence-electron chi connectivity index (χ2n) is 9.33. The molecule has 0 saturated heterocycles. The smallest absolute Gasteiger partial charge is 0.417 e. The van der Waals surface area contributed by atoms with Crippen LogP contribution < -0.4 is 16.0 Å². The van der Waals surface area contributed by atoms with E-state index in [1.807, 2.05) is 0 Å². The molecule has 0 radical (unpaired) electrons. The number of alkyl halides is 3. The van der Waals surface area contributed by atoms with Crippen LogP contribution in [0.4, 0.5) is 13.2 Å². The van der Waals surface area contributed by atoms with E-state index in [1.165, 1.54) is 37.0 Å².